The number of methoxy groups -OCH3 is 2. The molecule has 1 aromatic heterocycles. The fourth-order valence-corrected chi connectivity index (χ4v) is 2.42. The highest BCUT2D eigenvalue weighted by Gasteiger charge is 2.07. The van der Waals surface area contributed by atoms with Crippen LogP contribution in [0.25, 0.3) is 0 Å². The molecule has 0 aliphatic carbocycles. The third-order valence-electron chi connectivity index (χ3n) is 4.01. The number of nitrogens with one attached hydrogen (secondary N) is 2. The van der Waals surface area contributed by atoms with Crippen molar-refractivity contribution in [1.82, 2.24) is 9.97 Å². The number of hydrogen-bond donors (Lipinski definition) is 2. The molecule has 0 saturated carbocycles. The van der Waals surface area contributed by atoms with Crippen molar-refractivity contribution in [3.05, 3.63) is 35.5 Å². The van der Waals surface area contributed by atoms with Crippen LogP contribution in [0.3, 0.4) is 0 Å². The molecule has 2 aromatic rings. The zero-order valence-corrected chi connectivity index (χ0v) is 15.7. The lowest BCUT2D eigenvalue weighted by atomic mass is 10.1. The first-order chi connectivity index (χ1) is 12.0. The van der Waals surface area contributed by atoms with Gasteiger partial charge in [0.05, 0.1) is 14.2 Å². The monoisotopic (exact) mass is 344 g/mol. The summed E-state index contributed by atoms with van der Waals surface area (Å²) in [5, 5.41) is 6.68. The van der Waals surface area contributed by atoms with Gasteiger partial charge < -0.3 is 20.1 Å². The summed E-state index contributed by atoms with van der Waals surface area (Å²) >= 11 is 0. The Bertz CT molecular complexity index is 691. The van der Waals surface area contributed by atoms with Gasteiger partial charge in [-0.25, -0.2) is 4.98 Å². The van der Waals surface area contributed by atoms with Crippen molar-refractivity contribution < 1.29 is 9.47 Å². The third-order valence-corrected chi connectivity index (χ3v) is 4.01. The number of anilines is 2. The topological polar surface area (TPSA) is 68.3 Å². The fraction of sp³-hybridized carbons (Fsp3) is 0.474. The minimum absolute atomic E-state index is 0.349. The summed E-state index contributed by atoms with van der Waals surface area (Å²) in [6, 6.07) is 8.28. The molecule has 2 rings (SSSR count). The van der Waals surface area contributed by atoms with Gasteiger partial charge >= 0.3 is 0 Å². The van der Waals surface area contributed by atoms with Gasteiger partial charge in [-0.1, -0.05) is 13.0 Å². The van der Waals surface area contributed by atoms with Crippen molar-refractivity contribution in [3.8, 4) is 11.5 Å². The Morgan fingerprint density at radius 1 is 1.08 bits per heavy atom. The number of hydrogen-bond acceptors (Lipinski definition) is 6. The Hall–Kier alpha value is -2.50. The molecule has 1 atom stereocenters. The van der Waals surface area contributed by atoms with E-state index in [-0.39, 0.29) is 0 Å². The van der Waals surface area contributed by atoms with Crippen molar-refractivity contribution in [1.29, 1.82) is 0 Å². The Labute approximate surface area is 150 Å². The minimum atomic E-state index is 0.349. The van der Waals surface area contributed by atoms with Crippen LogP contribution in [0.5, 0.6) is 11.5 Å². The molecular weight excluding hydrogens is 316 g/mol. The van der Waals surface area contributed by atoms with E-state index < -0.39 is 0 Å². The summed E-state index contributed by atoms with van der Waals surface area (Å²) in [5.74, 6) is 2.99. The quantitative estimate of drug-likeness (QED) is 0.723. The summed E-state index contributed by atoms with van der Waals surface area (Å²) in [5.41, 5.74) is 2.11. The van der Waals surface area contributed by atoms with Gasteiger partial charge in [0.15, 0.2) is 11.5 Å². The Morgan fingerprint density at radius 3 is 2.52 bits per heavy atom. The summed E-state index contributed by atoms with van der Waals surface area (Å²) in [4.78, 5) is 8.97. The predicted octanol–water partition coefficient (Wildman–Crippen LogP) is 3.67. The molecule has 136 valence electrons. The smallest absolute Gasteiger partial charge is 0.225 e. The standard InChI is InChI=1S/C19H28N4O2/c1-6-13(2)21-19-22-14(3)11-18(23-19)20-10-9-15-7-8-16(24-4)17(12-15)25-5/h7-8,11-13H,6,9-10H2,1-5H3,(H2,20,21,22,23). The van der Waals surface area contributed by atoms with Crippen LogP contribution in [0.15, 0.2) is 24.3 Å². The Morgan fingerprint density at radius 2 is 1.84 bits per heavy atom. The Balaban J connectivity index is 1.97. The van der Waals surface area contributed by atoms with Gasteiger partial charge in [0.1, 0.15) is 5.82 Å². The summed E-state index contributed by atoms with van der Waals surface area (Å²) in [6.45, 7) is 7.00. The molecule has 2 N–H and O–H groups in total. The van der Waals surface area contributed by atoms with Crippen LogP contribution in [-0.2, 0) is 6.42 Å². The summed E-state index contributed by atoms with van der Waals surface area (Å²) in [7, 11) is 3.29. The van der Waals surface area contributed by atoms with Gasteiger partial charge in [0, 0.05) is 24.3 Å². The first kappa shape index (κ1) is 18.8. The zero-order valence-electron chi connectivity index (χ0n) is 15.7. The maximum absolute atomic E-state index is 5.35. The molecule has 0 saturated heterocycles. The van der Waals surface area contributed by atoms with E-state index in [1.54, 1.807) is 14.2 Å². The normalized spacial score (nSPS) is 11.7. The zero-order chi connectivity index (χ0) is 18.2. The predicted molar refractivity (Wildman–Crippen MR) is 102 cm³/mol. The second kappa shape index (κ2) is 9.11. The van der Waals surface area contributed by atoms with Crippen molar-refractivity contribution in [2.24, 2.45) is 0 Å². The fourth-order valence-electron chi connectivity index (χ4n) is 2.42. The lowest BCUT2D eigenvalue weighted by Crippen LogP contribution is -2.17. The number of rotatable bonds is 9. The highest BCUT2D eigenvalue weighted by molar-refractivity contribution is 5.44. The lowest BCUT2D eigenvalue weighted by Gasteiger charge is -2.14. The van der Waals surface area contributed by atoms with Crippen LogP contribution in [0.2, 0.25) is 0 Å². The highest BCUT2D eigenvalue weighted by atomic mass is 16.5. The largest absolute Gasteiger partial charge is 0.493 e. The molecule has 0 aliphatic heterocycles. The van der Waals surface area contributed by atoms with E-state index in [4.69, 9.17) is 9.47 Å². The second-order valence-corrected chi connectivity index (χ2v) is 6.04. The average Bonchev–Trinajstić information content (AvgIpc) is 2.61. The van der Waals surface area contributed by atoms with E-state index in [2.05, 4.69) is 34.4 Å². The van der Waals surface area contributed by atoms with Crippen LogP contribution in [0, 0.1) is 6.92 Å². The molecule has 0 bridgehead atoms. The molecule has 0 amide bonds. The number of aromatic nitrogens is 2. The molecule has 6 nitrogen and oxygen atoms in total. The average molecular weight is 344 g/mol. The van der Waals surface area contributed by atoms with Crippen molar-refractivity contribution in [2.45, 2.75) is 39.7 Å². The summed E-state index contributed by atoms with van der Waals surface area (Å²) < 4.78 is 10.6. The second-order valence-electron chi connectivity index (χ2n) is 6.04. The Kier molecular flexibility index (Phi) is 6.86. The molecule has 6 heteroatoms. The first-order valence-corrected chi connectivity index (χ1v) is 8.62. The van der Waals surface area contributed by atoms with Gasteiger partial charge in [-0.05, 0) is 44.4 Å². The van der Waals surface area contributed by atoms with Crippen molar-refractivity contribution >= 4 is 11.8 Å². The molecule has 0 fully saturated rings. The van der Waals surface area contributed by atoms with Gasteiger partial charge in [0.2, 0.25) is 5.95 Å². The van der Waals surface area contributed by atoms with Crippen LogP contribution >= 0.6 is 0 Å². The van der Waals surface area contributed by atoms with Gasteiger partial charge in [-0.3, -0.25) is 0 Å². The van der Waals surface area contributed by atoms with E-state index in [1.165, 1.54) is 5.56 Å². The van der Waals surface area contributed by atoms with Crippen LogP contribution in [-0.4, -0.2) is 36.8 Å². The number of benzene rings is 1. The van der Waals surface area contributed by atoms with E-state index in [0.717, 1.165) is 42.4 Å². The molecule has 0 radical (unpaired) electrons. The molecule has 25 heavy (non-hydrogen) atoms. The first-order valence-electron chi connectivity index (χ1n) is 8.62. The van der Waals surface area contributed by atoms with E-state index in [1.807, 2.05) is 31.2 Å². The number of aryl methyl sites for hydroxylation is 1. The minimum Gasteiger partial charge on any atom is -0.493 e. The van der Waals surface area contributed by atoms with Crippen LogP contribution in [0.4, 0.5) is 11.8 Å². The maximum Gasteiger partial charge on any atom is 0.225 e. The van der Waals surface area contributed by atoms with Crippen LogP contribution < -0.4 is 20.1 Å². The number of nitrogens with zero attached hydrogens (tertiary/aromatic N) is 2. The molecule has 1 aromatic carbocycles. The molecular formula is C19H28N4O2. The molecule has 1 unspecified atom stereocenters. The van der Waals surface area contributed by atoms with E-state index in [9.17, 15) is 0 Å². The van der Waals surface area contributed by atoms with Crippen LogP contribution in [0.1, 0.15) is 31.5 Å². The summed E-state index contributed by atoms with van der Waals surface area (Å²) in [6.07, 6.45) is 1.89. The molecule has 0 spiro atoms. The highest BCUT2D eigenvalue weighted by Crippen LogP contribution is 2.27. The number of ether oxygens (including phenoxy) is 2. The maximum atomic E-state index is 5.35. The van der Waals surface area contributed by atoms with E-state index in [0.29, 0.717) is 12.0 Å². The van der Waals surface area contributed by atoms with Gasteiger partial charge in [-0.2, -0.15) is 4.98 Å². The lowest BCUT2D eigenvalue weighted by molar-refractivity contribution is 0.354. The molecule has 1 heterocycles. The van der Waals surface area contributed by atoms with Crippen molar-refractivity contribution in [3.63, 3.8) is 0 Å². The van der Waals surface area contributed by atoms with E-state index >= 15 is 0 Å². The third kappa shape index (κ3) is 5.52. The molecule has 0 aliphatic rings. The van der Waals surface area contributed by atoms with Crippen molar-refractivity contribution in [2.75, 3.05) is 31.4 Å². The van der Waals surface area contributed by atoms with Gasteiger partial charge in [-0.15, -0.1) is 0 Å². The van der Waals surface area contributed by atoms with Gasteiger partial charge in [0.25, 0.3) is 0 Å². The SMILES string of the molecule is CCC(C)Nc1nc(C)cc(NCCc2ccc(OC)c(OC)c2)n1.